The van der Waals surface area contributed by atoms with Gasteiger partial charge in [-0.1, -0.05) is 151 Å². The minimum Gasteiger partial charge on any atom is -0.465 e. The second-order valence-electron chi connectivity index (χ2n) is 20.3. The predicted molar refractivity (Wildman–Crippen MR) is 297 cm³/mol. The molecule has 2 heterocycles. The maximum atomic E-state index is 14.5. The molecule has 428 valence electrons. The van der Waals surface area contributed by atoms with Crippen molar-refractivity contribution < 1.29 is 76.2 Å². The van der Waals surface area contributed by atoms with E-state index in [0.29, 0.717) is 43.9 Å². The van der Waals surface area contributed by atoms with Crippen molar-refractivity contribution in [3.63, 3.8) is 0 Å². The Bertz CT molecular complexity index is 2200. The first kappa shape index (κ1) is 65.0. The topological polar surface area (TPSA) is 203 Å². The summed E-state index contributed by atoms with van der Waals surface area (Å²) < 4.78 is 52.7. The summed E-state index contributed by atoms with van der Waals surface area (Å²) in [6, 6.07) is 19.3. The van der Waals surface area contributed by atoms with Gasteiger partial charge in [0.05, 0.1) is 37.3 Å². The van der Waals surface area contributed by atoms with Gasteiger partial charge in [-0.25, -0.2) is 0 Å². The van der Waals surface area contributed by atoms with Gasteiger partial charge in [-0.3, -0.25) is 33.6 Å². The summed E-state index contributed by atoms with van der Waals surface area (Å²) in [5, 5.41) is -2.01. The number of hydrogen-bond acceptors (Lipinski definition) is 19. The van der Waals surface area contributed by atoms with Gasteiger partial charge in [0.1, 0.15) is 39.5 Å². The number of benzene rings is 2. The van der Waals surface area contributed by atoms with Crippen LogP contribution in [0.25, 0.3) is 0 Å². The minimum atomic E-state index is -1.50. The average molecular weight is 1130 g/mol. The van der Waals surface area contributed by atoms with Gasteiger partial charge in [-0.15, -0.1) is 0 Å². The Hall–Kier alpha value is -4.56. The van der Waals surface area contributed by atoms with Gasteiger partial charge < -0.3 is 42.6 Å². The molecule has 2 aliphatic rings. The Morgan fingerprint density at radius 3 is 1.39 bits per heavy atom. The summed E-state index contributed by atoms with van der Waals surface area (Å²) in [6.07, 6.45) is -0.976. The van der Waals surface area contributed by atoms with Gasteiger partial charge >= 0.3 is 41.8 Å². The van der Waals surface area contributed by atoms with Crippen LogP contribution >= 0.6 is 35.7 Å². The highest BCUT2D eigenvalue weighted by Gasteiger charge is 2.50. The molecule has 0 aliphatic carbocycles. The predicted octanol–water partition coefficient (Wildman–Crippen LogP) is 10.0. The number of esters is 7. The van der Waals surface area contributed by atoms with Crippen molar-refractivity contribution in [2.75, 3.05) is 26.4 Å². The molecule has 14 unspecified atom stereocenters. The van der Waals surface area contributed by atoms with Crippen LogP contribution in [0.1, 0.15) is 132 Å². The van der Waals surface area contributed by atoms with E-state index in [9.17, 15) is 33.6 Å². The summed E-state index contributed by atoms with van der Waals surface area (Å²) in [5.41, 5.74) is 1.95. The summed E-state index contributed by atoms with van der Waals surface area (Å²) in [7, 11) is 0. The molecule has 0 N–H and O–H groups in total. The van der Waals surface area contributed by atoms with E-state index in [2.05, 4.69) is 20.8 Å². The molecule has 2 aromatic rings. The van der Waals surface area contributed by atoms with Gasteiger partial charge in [0.2, 0.25) is 12.4 Å². The van der Waals surface area contributed by atoms with Gasteiger partial charge in [-0.2, -0.15) is 0 Å². The summed E-state index contributed by atoms with van der Waals surface area (Å²) >= 11 is 8.06. The molecule has 2 saturated heterocycles. The molecule has 0 saturated carbocycles. The number of thiocarbonyl (C=S) groups is 1. The van der Waals surface area contributed by atoms with E-state index in [1.54, 1.807) is 6.92 Å². The van der Waals surface area contributed by atoms with E-state index < -0.39 is 101 Å². The molecule has 0 bridgehead atoms. The van der Waals surface area contributed by atoms with Crippen molar-refractivity contribution in [1.29, 1.82) is 0 Å². The lowest BCUT2D eigenvalue weighted by atomic mass is 9.77. The number of hydrogen-bond donors (Lipinski definition) is 0. The molecule has 4 rings (SSSR count). The zero-order valence-corrected chi connectivity index (χ0v) is 49.0. The first-order chi connectivity index (χ1) is 36.7. The SMILES string of the molecule is CCCCOC(=O)C(CC(CCc1ccccc1)C(=O)OCC1OC(C)C(C)C(C)C1C)SC(=S)SC(CC(CCc1ccccc1)C(=O)OCC1OC(OC(C)=O)C(OC(C)=O)C(OC(C)=O)C1C)C(=O)OCCCC. The number of rotatable bonds is 29. The molecular formula is C58H82O16S3. The van der Waals surface area contributed by atoms with Crippen molar-refractivity contribution in [1.82, 2.24) is 0 Å². The third-order valence-corrected chi connectivity index (χ3v) is 17.3. The lowest BCUT2D eigenvalue weighted by Crippen LogP contribution is -2.58. The summed E-state index contributed by atoms with van der Waals surface area (Å²) in [5.74, 6) is -6.04. The monoisotopic (exact) mass is 1130 g/mol. The van der Waals surface area contributed by atoms with Gasteiger partial charge in [-0.05, 0) is 87.2 Å². The molecule has 0 amide bonds. The smallest absolute Gasteiger partial charge is 0.319 e. The van der Waals surface area contributed by atoms with Crippen LogP contribution in [0.15, 0.2) is 60.7 Å². The Morgan fingerprint density at radius 1 is 0.532 bits per heavy atom. The highest BCUT2D eigenvalue weighted by molar-refractivity contribution is 8.47. The molecular weight excluding hydrogens is 1050 g/mol. The van der Waals surface area contributed by atoms with Crippen molar-refractivity contribution in [2.24, 2.45) is 35.5 Å². The maximum Gasteiger partial charge on any atom is 0.319 e. The number of unbranched alkanes of at least 4 members (excludes halogenated alkanes) is 2. The second kappa shape index (κ2) is 33.8. The number of ether oxygens (including phenoxy) is 9. The van der Waals surface area contributed by atoms with Crippen molar-refractivity contribution in [3.8, 4) is 0 Å². The summed E-state index contributed by atoms with van der Waals surface area (Å²) in [6.45, 7) is 17.6. The fourth-order valence-electron chi connectivity index (χ4n) is 9.31. The number of thioether (sulfide) groups is 2. The molecule has 19 heteroatoms. The average Bonchev–Trinajstić information content (AvgIpc) is 3.39. The van der Waals surface area contributed by atoms with Crippen LogP contribution in [0.3, 0.4) is 0 Å². The minimum absolute atomic E-state index is 0.0103. The van der Waals surface area contributed by atoms with Gasteiger partial charge in [0, 0.05) is 26.7 Å². The quantitative estimate of drug-likeness (QED) is 0.0322. The highest BCUT2D eigenvalue weighted by Crippen LogP contribution is 2.38. The number of carbonyl (C=O) groups is 7. The first-order valence-electron chi connectivity index (χ1n) is 27.2. The second-order valence-corrected chi connectivity index (χ2v) is 23.9. The molecule has 77 heavy (non-hydrogen) atoms. The number of carbonyl (C=O) groups excluding carboxylic acids is 7. The van der Waals surface area contributed by atoms with E-state index >= 15 is 0 Å². The fraction of sp³-hybridized carbons (Fsp3) is 0.655. The standard InChI is InChI=1S/C58H82O16S3/c1-11-13-29-66-55(64)49(31-45(27-25-43-21-17-15-18-22-43)53(62)68-33-47-37(5)35(3)36(4)39(7)70-47)76-58(75)77-50(56(65)67-30-14-12-2)32-46(28-26-44-23-19-16-20-24-44)54(63)69-34-48-38(6)51(71-40(8)59)52(72-41(9)60)57(74-48)73-42(10)61/h15-24,35-39,45-52,57H,11-14,25-34H2,1-10H3. The molecule has 2 fully saturated rings. The maximum absolute atomic E-state index is 14.5. The van der Waals surface area contributed by atoms with E-state index in [4.69, 9.17) is 54.8 Å². The normalized spacial score (nSPS) is 24.6. The third-order valence-electron chi connectivity index (χ3n) is 14.4. The van der Waals surface area contributed by atoms with E-state index in [-0.39, 0.29) is 60.7 Å². The Kier molecular flexibility index (Phi) is 28.5. The Labute approximate surface area is 469 Å². The van der Waals surface area contributed by atoms with Crippen LogP contribution in [-0.2, 0) is 89.0 Å². The Balaban J connectivity index is 1.62. The molecule has 16 nitrogen and oxygen atoms in total. The molecule has 2 aromatic carbocycles. The Morgan fingerprint density at radius 2 is 0.961 bits per heavy atom. The molecule has 0 radical (unpaired) electrons. The summed E-state index contributed by atoms with van der Waals surface area (Å²) in [4.78, 5) is 93.7. The molecule has 2 aliphatic heterocycles. The molecule has 0 spiro atoms. The van der Waals surface area contributed by atoms with Crippen LogP contribution in [0.5, 0.6) is 0 Å². The lowest BCUT2D eigenvalue weighted by molar-refractivity contribution is -0.286. The number of aryl methyl sites for hydroxylation is 2. The van der Waals surface area contributed by atoms with Crippen LogP contribution in [-0.4, -0.2) is 119 Å². The highest BCUT2D eigenvalue weighted by atomic mass is 32.2. The molecule has 14 atom stereocenters. The van der Waals surface area contributed by atoms with E-state index in [1.165, 1.54) is 6.92 Å². The van der Waals surface area contributed by atoms with Crippen LogP contribution in [0, 0.1) is 35.5 Å². The third kappa shape index (κ3) is 21.9. The van der Waals surface area contributed by atoms with Gasteiger partial charge in [0.25, 0.3) is 0 Å². The lowest BCUT2D eigenvalue weighted by Gasteiger charge is -2.43. The van der Waals surface area contributed by atoms with Crippen molar-refractivity contribution in [2.45, 2.75) is 181 Å². The van der Waals surface area contributed by atoms with Crippen molar-refractivity contribution in [3.05, 3.63) is 71.8 Å². The van der Waals surface area contributed by atoms with Crippen molar-refractivity contribution >= 4 is 81.1 Å². The van der Waals surface area contributed by atoms with Crippen LogP contribution in [0.2, 0.25) is 0 Å². The fourth-order valence-corrected chi connectivity index (χ4v) is 12.4. The first-order valence-corrected chi connectivity index (χ1v) is 29.3. The van der Waals surface area contributed by atoms with E-state index in [0.717, 1.165) is 61.3 Å². The van der Waals surface area contributed by atoms with Crippen LogP contribution in [0.4, 0.5) is 0 Å². The van der Waals surface area contributed by atoms with Crippen LogP contribution < -0.4 is 0 Å². The largest absolute Gasteiger partial charge is 0.465 e. The zero-order valence-electron chi connectivity index (χ0n) is 46.5. The van der Waals surface area contributed by atoms with Gasteiger partial charge in [0.15, 0.2) is 0 Å². The molecule has 0 aromatic heterocycles. The zero-order chi connectivity index (χ0) is 56.6. The van der Waals surface area contributed by atoms with E-state index in [1.807, 2.05) is 81.4 Å².